The number of ether oxygens (including phenoxy) is 1. The summed E-state index contributed by atoms with van der Waals surface area (Å²) in [7, 11) is 0. The summed E-state index contributed by atoms with van der Waals surface area (Å²) in [6.45, 7) is 7.98. The molecule has 0 saturated heterocycles. The third-order valence-corrected chi connectivity index (χ3v) is 4.55. The Balaban J connectivity index is 2.23. The normalized spacial score (nSPS) is 12.0. The molecule has 2 aromatic rings. The standard InChI is InChI=1S/C16H19N3O4S/c1-6-11(9(4)20)7(2)18-13(6)14(21)10(5)23-16(22)12-8(3)19-24-15(12)17/h10,18H,17H2,1-5H3/t10-/m0/s1. The Morgan fingerprint density at radius 3 is 2.29 bits per heavy atom. The van der Waals surface area contributed by atoms with Crippen LogP contribution < -0.4 is 5.73 Å². The van der Waals surface area contributed by atoms with Crippen molar-refractivity contribution in [2.75, 3.05) is 5.73 Å². The average Bonchev–Trinajstić information content (AvgIpc) is 2.97. The SMILES string of the molecule is CC(=O)c1c(C)[nH]c(C(=O)[C@H](C)OC(=O)c2c(C)nsc2N)c1C. The molecule has 7 nitrogen and oxygen atoms in total. The van der Waals surface area contributed by atoms with Gasteiger partial charge in [0.05, 0.1) is 11.4 Å². The highest BCUT2D eigenvalue weighted by atomic mass is 32.1. The number of nitrogens with one attached hydrogen (secondary N) is 1. The first-order valence-electron chi connectivity index (χ1n) is 7.32. The topological polar surface area (TPSA) is 115 Å². The fraction of sp³-hybridized carbons (Fsp3) is 0.375. The summed E-state index contributed by atoms with van der Waals surface area (Å²) >= 11 is 1.00. The number of hydrogen-bond acceptors (Lipinski definition) is 7. The molecule has 8 heteroatoms. The zero-order valence-corrected chi connectivity index (χ0v) is 15.0. The lowest BCUT2D eigenvalue weighted by atomic mass is 10.0. The van der Waals surface area contributed by atoms with Gasteiger partial charge in [-0.3, -0.25) is 9.59 Å². The molecular formula is C16H19N3O4S. The zero-order valence-electron chi connectivity index (χ0n) is 14.1. The summed E-state index contributed by atoms with van der Waals surface area (Å²) in [5.74, 6) is -1.22. The van der Waals surface area contributed by atoms with Gasteiger partial charge < -0.3 is 15.5 Å². The van der Waals surface area contributed by atoms with Crippen molar-refractivity contribution in [3.63, 3.8) is 0 Å². The lowest BCUT2D eigenvalue weighted by molar-refractivity contribution is 0.0317. The highest BCUT2D eigenvalue weighted by Gasteiger charge is 2.28. The van der Waals surface area contributed by atoms with Crippen LogP contribution >= 0.6 is 11.5 Å². The molecule has 2 rings (SSSR count). The molecule has 0 spiro atoms. The molecule has 24 heavy (non-hydrogen) atoms. The quantitative estimate of drug-likeness (QED) is 0.633. The lowest BCUT2D eigenvalue weighted by Crippen LogP contribution is -2.25. The van der Waals surface area contributed by atoms with E-state index in [4.69, 9.17) is 10.5 Å². The third-order valence-electron chi connectivity index (χ3n) is 3.78. The molecule has 0 saturated carbocycles. The summed E-state index contributed by atoms with van der Waals surface area (Å²) in [6.07, 6.45) is -1.02. The number of aromatic nitrogens is 2. The number of H-pyrrole nitrogens is 1. The molecule has 0 fully saturated rings. The first-order valence-corrected chi connectivity index (χ1v) is 8.09. The van der Waals surface area contributed by atoms with Gasteiger partial charge in [0, 0.05) is 11.3 Å². The van der Waals surface area contributed by atoms with E-state index in [-0.39, 0.29) is 22.0 Å². The number of nitrogen functional groups attached to an aromatic ring is 1. The number of aromatic amines is 1. The fourth-order valence-corrected chi connectivity index (χ4v) is 3.29. The van der Waals surface area contributed by atoms with E-state index in [9.17, 15) is 14.4 Å². The van der Waals surface area contributed by atoms with Crippen molar-refractivity contribution in [1.82, 2.24) is 9.36 Å². The van der Waals surface area contributed by atoms with Crippen LogP contribution in [0.15, 0.2) is 0 Å². The molecule has 0 bridgehead atoms. The van der Waals surface area contributed by atoms with Crippen LogP contribution in [0.4, 0.5) is 5.00 Å². The molecule has 0 radical (unpaired) electrons. The molecule has 0 unspecified atom stereocenters. The van der Waals surface area contributed by atoms with Crippen molar-refractivity contribution < 1.29 is 19.1 Å². The minimum absolute atomic E-state index is 0.127. The van der Waals surface area contributed by atoms with Gasteiger partial charge in [-0.15, -0.1) is 0 Å². The highest BCUT2D eigenvalue weighted by Crippen LogP contribution is 2.24. The van der Waals surface area contributed by atoms with E-state index in [1.54, 1.807) is 20.8 Å². The molecule has 128 valence electrons. The van der Waals surface area contributed by atoms with Crippen LogP contribution in [0.2, 0.25) is 0 Å². The molecule has 0 aliphatic heterocycles. The first-order chi connectivity index (χ1) is 11.1. The monoisotopic (exact) mass is 349 g/mol. The third kappa shape index (κ3) is 3.09. The number of carbonyl (C=O) groups is 3. The number of rotatable bonds is 5. The molecule has 3 N–H and O–H groups in total. The highest BCUT2D eigenvalue weighted by molar-refractivity contribution is 7.10. The zero-order chi connectivity index (χ0) is 18.2. The molecule has 2 heterocycles. The van der Waals surface area contributed by atoms with Gasteiger partial charge >= 0.3 is 5.97 Å². The number of anilines is 1. The molecule has 0 aliphatic rings. The molecular weight excluding hydrogens is 330 g/mol. The second-order valence-corrected chi connectivity index (χ2v) is 6.41. The Kier molecular flexibility index (Phi) is 4.88. The maximum atomic E-state index is 12.6. The van der Waals surface area contributed by atoms with Crippen molar-refractivity contribution in [2.24, 2.45) is 0 Å². The van der Waals surface area contributed by atoms with Crippen molar-refractivity contribution in [3.05, 3.63) is 33.8 Å². The van der Waals surface area contributed by atoms with Crippen LogP contribution in [0.3, 0.4) is 0 Å². The van der Waals surface area contributed by atoms with Crippen LogP contribution in [0.25, 0.3) is 0 Å². The molecule has 0 aliphatic carbocycles. The number of esters is 1. The molecule has 0 amide bonds. The molecule has 1 atom stereocenters. The smallest absolute Gasteiger partial charge is 0.343 e. The van der Waals surface area contributed by atoms with Gasteiger partial charge in [0.1, 0.15) is 10.6 Å². The fourth-order valence-electron chi connectivity index (χ4n) is 2.64. The van der Waals surface area contributed by atoms with Gasteiger partial charge in [-0.25, -0.2) is 4.79 Å². The minimum atomic E-state index is -1.02. The summed E-state index contributed by atoms with van der Waals surface area (Å²) < 4.78 is 9.21. The maximum Gasteiger partial charge on any atom is 0.343 e. The van der Waals surface area contributed by atoms with E-state index in [2.05, 4.69) is 9.36 Å². The van der Waals surface area contributed by atoms with Crippen LogP contribution in [-0.2, 0) is 4.74 Å². The predicted octanol–water partition coefficient (Wildman–Crippen LogP) is 2.61. The summed E-state index contributed by atoms with van der Waals surface area (Å²) in [4.78, 5) is 39.3. The summed E-state index contributed by atoms with van der Waals surface area (Å²) in [5.41, 5.74) is 8.29. The van der Waals surface area contributed by atoms with E-state index in [0.717, 1.165) is 11.5 Å². The Morgan fingerprint density at radius 1 is 1.21 bits per heavy atom. The van der Waals surface area contributed by atoms with Gasteiger partial charge in [0.25, 0.3) is 0 Å². The maximum absolute atomic E-state index is 12.6. The number of carbonyl (C=O) groups excluding carboxylic acids is 3. The Bertz CT molecular complexity index is 815. The Morgan fingerprint density at radius 2 is 1.83 bits per heavy atom. The number of nitrogens with two attached hydrogens (primary N) is 1. The van der Waals surface area contributed by atoms with E-state index in [1.165, 1.54) is 13.8 Å². The van der Waals surface area contributed by atoms with Crippen LogP contribution in [0, 0.1) is 20.8 Å². The minimum Gasteiger partial charge on any atom is -0.450 e. The first kappa shape index (κ1) is 17.9. The van der Waals surface area contributed by atoms with Crippen molar-refractivity contribution in [3.8, 4) is 0 Å². The van der Waals surface area contributed by atoms with Gasteiger partial charge in [-0.2, -0.15) is 4.37 Å². The number of ketones is 2. The lowest BCUT2D eigenvalue weighted by Gasteiger charge is -2.12. The van der Waals surface area contributed by atoms with Gasteiger partial charge in [0.2, 0.25) is 5.78 Å². The van der Waals surface area contributed by atoms with Crippen LogP contribution in [0.1, 0.15) is 62.0 Å². The summed E-state index contributed by atoms with van der Waals surface area (Å²) in [5, 5.41) is 0.253. The van der Waals surface area contributed by atoms with Crippen LogP contribution in [0.5, 0.6) is 0 Å². The molecule has 2 aromatic heterocycles. The van der Waals surface area contributed by atoms with E-state index in [1.807, 2.05) is 0 Å². The Labute approximate surface area is 143 Å². The second kappa shape index (κ2) is 6.56. The van der Waals surface area contributed by atoms with Crippen molar-refractivity contribution in [2.45, 2.75) is 40.7 Å². The van der Waals surface area contributed by atoms with Crippen LogP contribution in [-0.4, -0.2) is 33.0 Å². The number of hydrogen-bond donors (Lipinski definition) is 2. The van der Waals surface area contributed by atoms with Crippen molar-refractivity contribution in [1.29, 1.82) is 0 Å². The summed E-state index contributed by atoms with van der Waals surface area (Å²) in [6, 6.07) is 0. The largest absolute Gasteiger partial charge is 0.450 e. The molecule has 0 aromatic carbocycles. The number of nitrogens with zero attached hydrogens (tertiary/aromatic N) is 1. The predicted molar refractivity (Wildman–Crippen MR) is 90.7 cm³/mol. The van der Waals surface area contributed by atoms with E-state index in [0.29, 0.717) is 22.5 Å². The number of Topliss-reactive ketones (excluding diaryl/α,β-unsaturated/α-hetero) is 2. The second-order valence-electron chi connectivity index (χ2n) is 5.60. The van der Waals surface area contributed by atoms with Gasteiger partial charge in [-0.05, 0) is 51.7 Å². The van der Waals surface area contributed by atoms with E-state index >= 15 is 0 Å². The van der Waals surface area contributed by atoms with Crippen molar-refractivity contribution >= 4 is 34.1 Å². The Hall–Kier alpha value is -2.48. The van der Waals surface area contributed by atoms with Gasteiger partial charge in [0.15, 0.2) is 11.9 Å². The number of aryl methyl sites for hydroxylation is 2. The van der Waals surface area contributed by atoms with Gasteiger partial charge in [-0.1, -0.05) is 0 Å². The average molecular weight is 349 g/mol. The van der Waals surface area contributed by atoms with E-state index < -0.39 is 17.9 Å².